The molecule has 0 fully saturated rings. The van der Waals surface area contributed by atoms with Crippen molar-refractivity contribution in [1.82, 2.24) is 14.8 Å². The minimum atomic E-state index is 0.0303. The number of benzene rings is 1. The molecule has 0 aliphatic carbocycles. The van der Waals surface area contributed by atoms with Gasteiger partial charge in [-0.15, -0.1) is 10.2 Å². The van der Waals surface area contributed by atoms with Crippen LogP contribution in [0.4, 0.5) is 0 Å². The predicted octanol–water partition coefficient (Wildman–Crippen LogP) is 2.63. The molecule has 4 heteroatoms. The van der Waals surface area contributed by atoms with E-state index in [2.05, 4.69) is 10.2 Å². The Balaban J connectivity index is 2.60. The third-order valence-electron chi connectivity index (χ3n) is 3.43. The van der Waals surface area contributed by atoms with Crippen molar-refractivity contribution in [3.05, 3.63) is 35.5 Å². The average Bonchev–Trinajstić information content (AvgIpc) is 2.62. The molecule has 90 valence electrons. The van der Waals surface area contributed by atoms with Crippen LogP contribution in [0.5, 0.6) is 0 Å². The van der Waals surface area contributed by atoms with E-state index < -0.39 is 0 Å². The van der Waals surface area contributed by atoms with E-state index in [1.807, 2.05) is 42.8 Å². The topological polar surface area (TPSA) is 47.8 Å². The summed E-state index contributed by atoms with van der Waals surface area (Å²) in [5, 5.41) is 9.44. The minimum absolute atomic E-state index is 0.0303. The molecule has 0 unspecified atom stereocenters. The molecule has 3 rings (SSSR count). The molecule has 2 aromatic heterocycles. The summed E-state index contributed by atoms with van der Waals surface area (Å²) in [4.78, 5) is 11.7. The molecule has 0 spiro atoms. The van der Waals surface area contributed by atoms with Gasteiger partial charge in [0.25, 0.3) is 0 Å². The molecule has 18 heavy (non-hydrogen) atoms. The van der Waals surface area contributed by atoms with Crippen LogP contribution < -0.4 is 0 Å². The summed E-state index contributed by atoms with van der Waals surface area (Å²) < 4.78 is 2.02. The van der Waals surface area contributed by atoms with Gasteiger partial charge in [0.1, 0.15) is 5.52 Å². The van der Waals surface area contributed by atoms with Gasteiger partial charge in [-0.3, -0.25) is 4.79 Å². The number of carbonyl (C=O) groups excluding carboxylic acids is 1. The largest absolute Gasteiger partial charge is 0.345 e. The third kappa shape index (κ3) is 1.29. The zero-order valence-corrected chi connectivity index (χ0v) is 10.6. The Morgan fingerprint density at radius 2 is 1.94 bits per heavy atom. The number of fused-ring (bicyclic) bond motifs is 3. The molecule has 0 aliphatic rings. The smallest absolute Gasteiger partial charge is 0.163 e. The highest BCUT2D eigenvalue weighted by molar-refractivity contribution is 6.12. The van der Waals surface area contributed by atoms with Crippen LogP contribution in [-0.4, -0.2) is 20.5 Å². The van der Waals surface area contributed by atoms with Gasteiger partial charge in [-0.2, -0.15) is 0 Å². The summed E-state index contributed by atoms with van der Waals surface area (Å²) in [7, 11) is 1.96. The summed E-state index contributed by atoms with van der Waals surface area (Å²) >= 11 is 0. The van der Waals surface area contributed by atoms with Crippen molar-refractivity contribution >= 4 is 27.7 Å². The number of Topliss-reactive ketones (excluding diaryl/α,β-unsaturated/α-hetero) is 1. The van der Waals surface area contributed by atoms with Crippen molar-refractivity contribution in [2.24, 2.45) is 7.05 Å². The number of ketones is 1. The minimum Gasteiger partial charge on any atom is -0.345 e. The number of aromatic nitrogens is 3. The molecular formula is C14H13N3O. The van der Waals surface area contributed by atoms with Crippen molar-refractivity contribution in [2.75, 3.05) is 0 Å². The molecule has 0 N–H and O–H groups in total. The van der Waals surface area contributed by atoms with E-state index >= 15 is 0 Å². The second-order valence-corrected chi connectivity index (χ2v) is 4.49. The van der Waals surface area contributed by atoms with Gasteiger partial charge in [0.05, 0.1) is 16.6 Å². The Labute approximate surface area is 104 Å². The van der Waals surface area contributed by atoms with Gasteiger partial charge >= 0.3 is 0 Å². The number of aryl methyl sites for hydroxylation is 1. The van der Waals surface area contributed by atoms with Gasteiger partial charge in [0, 0.05) is 18.1 Å². The lowest BCUT2D eigenvalue weighted by Gasteiger charge is -2.01. The van der Waals surface area contributed by atoms with Gasteiger partial charge < -0.3 is 4.57 Å². The van der Waals surface area contributed by atoms with E-state index in [4.69, 9.17) is 0 Å². The van der Waals surface area contributed by atoms with E-state index in [1.54, 1.807) is 6.92 Å². The Bertz CT molecular complexity index is 786. The summed E-state index contributed by atoms with van der Waals surface area (Å²) in [5.41, 5.74) is 4.12. The van der Waals surface area contributed by atoms with Crippen molar-refractivity contribution < 1.29 is 4.79 Å². The molecule has 0 atom stereocenters. The molecule has 0 saturated heterocycles. The predicted molar refractivity (Wildman–Crippen MR) is 70.8 cm³/mol. The highest BCUT2D eigenvalue weighted by Gasteiger charge is 2.18. The van der Waals surface area contributed by atoms with Crippen molar-refractivity contribution in [3.8, 4) is 0 Å². The second-order valence-electron chi connectivity index (χ2n) is 4.49. The molecule has 1 aromatic carbocycles. The van der Waals surface area contributed by atoms with Crippen LogP contribution in [0.2, 0.25) is 0 Å². The fraction of sp³-hybridized carbons (Fsp3) is 0.214. The maximum Gasteiger partial charge on any atom is 0.163 e. The highest BCUT2D eigenvalue weighted by Crippen LogP contribution is 2.28. The summed E-state index contributed by atoms with van der Waals surface area (Å²) in [6.07, 6.45) is 0. The van der Waals surface area contributed by atoms with Crippen molar-refractivity contribution in [2.45, 2.75) is 13.8 Å². The van der Waals surface area contributed by atoms with Crippen LogP contribution in [-0.2, 0) is 7.05 Å². The van der Waals surface area contributed by atoms with Crippen LogP contribution in [0, 0.1) is 6.92 Å². The number of rotatable bonds is 1. The Hall–Kier alpha value is -2.23. The monoisotopic (exact) mass is 239 g/mol. The van der Waals surface area contributed by atoms with E-state index in [-0.39, 0.29) is 5.78 Å². The Kier molecular flexibility index (Phi) is 2.20. The first-order chi connectivity index (χ1) is 8.61. The first-order valence-corrected chi connectivity index (χ1v) is 5.82. The lowest BCUT2D eigenvalue weighted by Crippen LogP contribution is -1.96. The van der Waals surface area contributed by atoms with E-state index in [9.17, 15) is 4.79 Å². The van der Waals surface area contributed by atoms with Gasteiger partial charge in [-0.25, -0.2) is 0 Å². The maximum atomic E-state index is 11.7. The van der Waals surface area contributed by atoms with Crippen LogP contribution >= 0.6 is 0 Å². The Morgan fingerprint density at radius 1 is 1.22 bits per heavy atom. The van der Waals surface area contributed by atoms with Gasteiger partial charge in [-0.1, -0.05) is 18.2 Å². The van der Waals surface area contributed by atoms with Gasteiger partial charge in [-0.05, 0) is 19.9 Å². The van der Waals surface area contributed by atoms with E-state index in [0.29, 0.717) is 11.1 Å². The van der Waals surface area contributed by atoms with E-state index in [0.717, 1.165) is 22.1 Å². The molecule has 4 nitrogen and oxygen atoms in total. The highest BCUT2D eigenvalue weighted by atomic mass is 16.1. The fourth-order valence-electron chi connectivity index (χ4n) is 2.48. The van der Waals surface area contributed by atoms with Crippen molar-refractivity contribution in [3.63, 3.8) is 0 Å². The first kappa shape index (κ1) is 10.9. The van der Waals surface area contributed by atoms with Gasteiger partial charge in [0.2, 0.25) is 0 Å². The van der Waals surface area contributed by atoms with Crippen molar-refractivity contribution in [1.29, 1.82) is 0 Å². The quantitative estimate of drug-likeness (QED) is 0.613. The summed E-state index contributed by atoms with van der Waals surface area (Å²) in [6.45, 7) is 3.51. The summed E-state index contributed by atoms with van der Waals surface area (Å²) in [6, 6.07) is 7.84. The molecule has 0 saturated carbocycles. The Morgan fingerprint density at radius 3 is 2.67 bits per heavy atom. The maximum absolute atomic E-state index is 11.7. The van der Waals surface area contributed by atoms with Crippen LogP contribution in [0.3, 0.4) is 0 Å². The lowest BCUT2D eigenvalue weighted by atomic mass is 10.1. The lowest BCUT2D eigenvalue weighted by molar-refractivity contribution is 0.101. The van der Waals surface area contributed by atoms with Gasteiger partial charge in [0.15, 0.2) is 5.78 Å². The number of hydrogen-bond acceptors (Lipinski definition) is 3. The molecule has 2 heterocycles. The zero-order valence-electron chi connectivity index (χ0n) is 10.6. The molecule has 0 amide bonds. The number of carbonyl (C=O) groups is 1. The third-order valence-corrected chi connectivity index (χ3v) is 3.43. The fourth-order valence-corrected chi connectivity index (χ4v) is 2.48. The molecule has 0 radical (unpaired) electrons. The molecule has 0 bridgehead atoms. The van der Waals surface area contributed by atoms with E-state index in [1.165, 1.54) is 0 Å². The second kappa shape index (κ2) is 3.63. The van der Waals surface area contributed by atoms with Crippen LogP contribution in [0.25, 0.3) is 21.9 Å². The average molecular weight is 239 g/mol. The normalized spacial score (nSPS) is 11.3. The standard InChI is InChI=1S/C14H13N3O/c1-8-12(9(2)18)13-14(17(8)3)10-6-4-5-7-11(10)15-16-13/h4-7H,1-3H3. The molecule has 3 aromatic rings. The SMILES string of the molecule is CC(=O)c1c(C)n(C)c2c1nnc1ccccc12. The van der Waals surface area contributed by atoms with Crippen LogP contribution in [0.1, 0.15) is 23.0 Å². The molecule has 0 aliphatic heterocycles. The summed E-state index contributed by atoms with van der Waals surface area (Å²) in [5.74, 6) is 0.0303. The number of nitrogens with zero attached hydrogens (tertiary/aromatic N) is 3. The van der Waals surface area contributed by atoms with Crippen LogP contribution in [0.15, 0.2) is 24.3 Å². The zero-order chi connectivity index (χ0) is 12.9. The molecular weight excluding hydrogens is 226 g/mol. The first-order valence-electron chi connectivity index (χ1n) is 5.82. The number of hydrogen-bond donors (Lipinski definition) is 0.